The molecule has 0 N–H and O–H groups in total. The third kappa shape index (κ3) is 7.79. The van der Waals surface area contributed by atoms with Gasteiger partial charge in [-0.05, 0) is 131 Å². The Morgan fingerprint density at radius 2 is 0.574 bits per heavy atom. The summed E-state index contributed by atoms with van der Waals surface area (Å²) in [5.41, 5.74) is 16.4. The van der Waals surface area contributed by atoms with E-state index in [0.717, 1.165) is 34.1 Å². The van der Waals surface area contributed by atoms with Crippen LogP contribution in [0.1, 0.15) is 22.3 Å². The van der Waals surface area contributed by atoms with Gasteiger partial charge >= 0.3 is 0 Å². The Hall–Kier alpha value is -6.90. The maximum Gasteiger partial charge on any atom is 0.0464 e. The van der Waals surface area contributed by atoms with Crippen LogP contribution in [-0.2, 0) is 0 Å². The molecule has 0 aliphatic heterocycles. The van der Waals surface area contributed by atoms with Gasteiger partial charge in [-0.25, -0.2) is 0 Å². The molecule has 0 saturated heterocycles. The van der Waals surface area contributed by atoms with Gasteiger partial charge in [0.25, 0.3) is 0 Å². The normalized spacial score (nSPS) is 11.1. The zero-order chi connectivity index (χ0) is 36.7. The quantitative estimate of drug-likeness (QED) is 0.132. The third-order valence-corrected chi connectivity index (χ3v) is 9.76. The minimum Gasteiger partial charge on any atom is -0.310 e. The molecular formula is C52H42N2. The zero-order valence-electron chi connectivity index (χ0n) is 30.7. The number of hydrogen-bond acceptors (Lipinski definition) is 2. The summed E-state index contributed by atoms with van der Waals surface area (Å²) in [6.45, 7) is 4.27. The number of para-hydroxylation sites is 2. The molecule has 0 radical (unpaired) electrons. The van der Waals surface area contributed by atoms with Gasteiger partial charge in [0.05, 0.1) is 0 Å². The van der Waals surface area contributed by atoms with Gasteiger partial charge in [0.15, 0.2) is 0 Å². The molecule has 0 aliphatic rings. The van der Waals surface area contributed by atoms with Crippen molar-refractivity contribution in [2.24, 2.45) is 0 Å². The summed E-state index contributed by atoms with van der Waals surface area (Å²) >= 11 is 0. The van der Waals surface area contributed by atoms with Crippen LogP contribution in [0.3, 0.4) is 0 Å². The highest BCUT2D eigenvalue weighted by molar-refractivity contribution is 5.81. The standard InChI is InChI=1S/C52H42N2/c1-39-11-9-17-51(37-39)53(47-13-5-3-6-14-47)49-33-29-45(30-34-49)43-25-21-41(22-26-43)19-20-42-23-27-44(28-24-42)46-31-35-50(36-32-46)54(48-15-7-4-8-16-48)52-18-10-12-40(2)38-52/h3-38H,1-2H3/b20-19+. The first-order valence-corrected chi connectivity index (χ1v) is 18.5. The van der Waals surface area contributed by atoms with Crippen LogP contribution in [0.2, 0.25) is 0 Å². The molecule has 0 unspecified atom stereocenters. The fourth-order valence-electron chi connectivity index (χ4n) is 6.95. The van der Waals surface area contributed by atoms with Crippen molar-refractivity contribution >= 4 is 46.3 Å². The molecule has 0 fully saturated rings. The van der Waals surface area contributed by atoms with Gasteiger partial charge in [0.1, 0.15) is 0 Å². The Morgan fingerprint density at radius 3 is 0.907 bits per heavy atom. The number of benzene rings is 8. The molecule has 0 atom stereocenters. The van der Waals surface area contributed by atoms with Crippen LogP contribution in [0.4, 0.5) is 34.1 Å². The Morgan fingerprint density at radius 1 is 0.278 bits per heavy atom. The van der Waals surface area contributed by atoms with E-state index >= 15 is 0 Å². The van der Waals surface area contributed by atoms with E-state index in [1.54, 1.807) is 0 Å². The van der Waals surface area contributed by atoms with Crippen LogP contribution in [-0.4, -0.2) is 0 Å². The average molecular weight is 695 g/mol. The second-order valence-electron chi connectivity index (χ2n) is 13.7. The van der Waals surface area contributed by atoms with Gasteiger partial charge in [-0.15, -0.1) is 0 Å². The van der Waals surface area contributed by atoms with Crippen molar-refractivity contribution in [3.63, 3.8) is 0 Å². The second kappa shape index (κ2) is 15.8. The minimum atomic E-state index is 1.13. The summed E-state index contributed by atoms with van der Waals surface area (Å²) in [5, 5.41) is 0. The number of anilines is 6. The lowest BCUT2D eigenvalue weighted by Crippen LogP contribution is -2.09. The van der Waals surface area contributed by atoms with Crippen molar-refractivity contribution in [1.82, 2.24) is 0 Å². The van der Waals surface area contributed by atoms with Crippen molar-refractivity contribution in [1.29, 1.82) is 0 Å². The van der Waals surface area contributed by atoms with E-state index in [4.69, 9.17) is 0 Å². The molecule has 0 heterocycles. The topological polar surface area (TPSA) is 6.48 Å². The average Bonchev–Trinajstić information content (AvgIpc) is 3.22. The Labute approximate surface area is 319 Å². The van der Waals surface area contributed by atoms with Crippen LogP contribution >= 0.6 is 0 Å². The van der Waals surface area contributed by atoms with Crippen molar-refractivity contribution in [3.05, 3.63) is 229 Å². The molecule has 0 aromatic heterocycles. The highest BCUT2D eigenvalue weighted by Crippen LogP contribution is 2.37. The summed E-state index contributed by atoms with van der Waals surface area (Å²) in [6.07, 6.45) is 4.36. The van der Waals surface area contributed by atoms with E-state index in [0.29, 0.717) is 0 Å². The van der Waals surface area contributed by atoms with Crippen LogP contribution in [0, 0.1) is 13.8 Å². The lowest BCUT2D eigenvalue weighted by molar-refractivity contribution is 1.27. The van der Waals surface area contributed by atoms with E-state index in [2.05, 4.69) is 242 Å². The van der Waals surface area contributed by atoms with Crippen LogP contribution in [0.5, 0.6) is 0 Å². The molecule has 0 aliphatic carbocycles. The number of hydrogen-bond donors (Lipinski definition) is 0. The van der Waals surface area contributed by atoms with Gasteiger partial charge < -0.3 is 9.80 Å². The first-order valence-electron chi connectivity index (χ1n) is 18.5. The monoisotopic (exact) mass is 694 g/mol. The molecular weight excluding hydrogens is 653 g/mol. The minimum absolute atomic E-state index is 1.13. The predicted molar refractivity (Wildman–Crippen MR) is 232 cm³/mol. The molecule has 8 aromatic rings. The van der Waals surface area contributed by atoms with Crippen molar-refractivity contribution in [3.8, 4) is 22.3 Å². The fourth-order valence-corrected chi connectivity index (χ4v) is 6.95. The molecule has 0 bridgehead atoms. The van der Waals surface area contributed by atoms with E-state index in [-0.39, 0.29) is 0 Å². The summed E-state index contributed by atoms with van der Waals surface area (Å²) < 4.78 is 0. The van der Waals surface area contributed by atoms with Crippen LogP contribution in [0.15, 0.2) is 206 Å². The summed E-state index contributed by atoms with van der Waals surface area (Å²) in [6, 6.07) is 73.7. The largest absolute Gasteiger partial charge is 0.310 e. The molecule has 260 valence electrons. The molecule has 0 saturated carbocycles. The van der Waals surface area contributed by atoms with Crippen molar-refractivity contribution in [2.45, 2.75) is 13.8 Å². The highest BCUT2D eigenvalue weighted by Gasteiger charge is 2.14. The number of rotatable bonds is 10. The van der Waals surface area contributed by atoms with Gasteiger partial charge in [-0.1, -0.05) is 146 Å². The maximum atomic E-state index is 2.31. The number of nitrogens with zero attached hydrogens (tertiary/aromatic N) is 2. The van der Waals surface area contributed by atoms with E-state index in [1.165, 1.54) is 44.5 Å². The lowest BCUT2D eigenvalue weighted by atomic mass is 10.0. The molecule has 8 rings (SSSR count). The van der Waals surface area contributed by atoms with Gasteiger partial charge in [0, 0.05) is 34.1 Å². The van der Waals surface area contributed by atoms with Crippen molar-refractivity contribution < 1.29 is 0 Å². The van der Waals surface area contributed by atoms with Crippen molar-refractivity contribution in [2.75, 3.05) is 9.80 Å². The molecule has 0 spiro atoms. The Balaban J connectivity index is 0.943. The SMILES string of the molecule is Cc1cccc(N(c2ccccc2)c2ccc(-c3ccc(/C=C/c4ccc(-c5ccc(N(c6ccccc6)c6cccc(C)c6)cc5)cc4)cc3)cc2)c1. The predicted octanol–water partition coefficient (Wildman–Crippen LogP) is 14.7. The smallest absolute Gasteiger partial charge is 0.0464 e. The first-order chi connectivity index (χ1) is 26.6. The Bertz CT molecular complexity index is 2290. The number of aryl methyl sites for hydroxylation is 2. The maximum absolute atomic E-state index is 2.31. The van der Waals surface area contributed by atoms with E-state index in [9.17, 15) is 0 Å². The first kappa shape index (κ1) is 34.2. The second-order valence-corrected chi connectivity index (χ2v) is 13.7. The highest BCUT2D eigenvalue weighted by atomic mass is 15.1. The third-order valence-electron chi connectivity index (χ3n) is 9.76. The lowest BCUT2D eigenvalue weighted by Gasteiger charge is -2.26. The molecule has 2 heteroatoms. The van der Waals surface area contributed by atoms with Gasteiger partial charge in [0.2, 0.25) is 0 Å². The van der Waals surface area contributed by atoms with Crippen LogP contribution in [0.25, 0.3) is 34.4 Å². The Kier molecular flexibility index (Phi) is 9.99. The molecule has 0 amide bonds. The summed E-state index contributed by atoms with van der Waals surface area (Å²) in [5.74, 6) is 0. The fraction of sp³-hybridized carbons (Fsp3) is 0.0385. The zero-order valence-corrected chi connectivity index (χ0v) is 30.7. The molecule has 2 nitrogen and oxygen atoms in total. The molecule has 8 aromatic carbocycles. The summed E-state index contributed by atoms with van der Waals surface area (Å²) in [4.78, 5) is 4.61. The van der Waals surface area contributed by atoms with E-state index in [1.807, 2.05) is 0 Å². The summed E-state index contributed by atoms with van der Waals surface area (Å²) in [7, 11) is 0. The van der Waals surface area contributed by atoms with Crippen LogP contribution < -0.4 is 9.80 Å². The van der Waals surface area contributed by atoms with E-state index < -0.39 is 0 Å². The van der Waals surface area contributed by atoms with Gasteiger partial charge in [-0.3, -0.25) is 0 Å². The van der Waals surface area contributed by atoms with Gasteiger partial charge in [-0.2, -0.15) is 0 Å². The molecule has 54 heavy (non-hydrogen) atoms.